The zero-order chi connectivity index (χ0) is 15.9. The van der Waals surface area contributed by atoms with Crippen LogP contribution >= 0.6 is 0 Å². The Kier molecular flexibility index (Phi) is 4.57. The summed E-state index contributed by atoms with van der Waals surface area (Å²) >= 11 is 0. The maximum Gasteiger partial charge on any atom is 0.310 e. The van der Waals surface area contributed by atoms with Crippen LogP contribution in [-0.2, 0) is 19.1 Å². The quantitative estimate of drug-likeness (QED) is 0.732. The van der Waals surface area contributed by atoms with E-state index < -0.39 is 11.8 Å². The van der Waals surface area contributed by atoms with Gasteiger partial charge in [-0.05, 0) is 22.7 Å². The van der Waals surface area contributed by atoms with Gasteiger partial charge in [-0.1, -0.05) is 41.5 Å². The molecule has 1 fully saturated rings. The molecule has 0 aromatic carbocycles. The Bertz CT molecular complexity index is 359. The van der Waals surface area contributed by atoms with Gasteiger partial charge >= 0.3 is 11.9 Å². The molecule has 4 unspecified atom stereocenters. The predicted octanol–water partition coefficient (Wildman–Crippen LogP) is 2.90. The monoisotopic (exact) mass is 284 g/mol. The van der Waals surface area contributed by atoms with Crippen LogP contribution in [0.1, 0.15) is 41.5 Å². The summed E-state index contributed by atoms with van der Waals surface area (Å²) in [6, 6.07) is 0. The summed E-state index contributed by atoms with van der Waals surface area (Å²) in [6.07, 6.45) is 0. The van der Waals surface area contributed by atoms with Crippen molar-refractivity contribution in [1.29, 1.82) is 0 Å². The lowest BCUT2D eigenvalue weighted by Crippen LogP contribution is -2.58. The van der Waals surface area contributed by atoms with E-state index in [1.807, 2.05) is 27.7 Å². The van der Waals surface area contributed by atoms with Crippen molar-refractivity contribution in [1.82, 2.24) is 0 Å². The molecule has 0 N–H and O–H groups in total. The number of hydrogen-bond acceptors (Lipinski definition) is 4. The first-order valence-corrected chi connectivity index (χ1v) is 7.19. The minimum Gasteiger partial charge on any atom is -0.469 e. The molecule has 116 valence electrons. The van der Waals surface area contributed by atoms with Gasteiger partial charge in [0.05, 0.1) is 26.1 Å². The summed E-state index contributed by atoms with van der Waals surface area (Å²) in [5.41, 5.74) is -0.637. The average Bonchev–Trinajstić information content (AvgIpc) is 2.39. The maximum absolute atomic E-state index is 12.3. The first-order chi connectivity index (χ1) is 9.03. The number of carbonyl (C=O) groups is 2. The van der Waals surface area contributed by atoms with Crippen molar-refractivity contribution in [3.8, 4) is 0 Å². The molecule has 0 amide bonds. The van der Waals surface area contributed by atoms with E-state index >= 15 is 0 Å². The number of hydrogen-bond donors (Lipinski definition) is 0. The van der Waals surface area contributed by atoms with Crippen LogP contribution in [0.2, 0.25) is 0 Å². The van der Waals surface area contributed by atoms with Crippen LogP contribution < -0.4 is 0 Å². The average molecular weight is 284 g/mol. The Labute approximate surface area is 122 Å². The summed E-state index contributed by atoms with van der Waals surface area (Å²) in [4.78, 5) is 24.6. The topological polar surface area (TPSA) is 52.6 Å². The molecule has 4 heteroatoms. The van der Waals surface area contributed by atoms with Crippen LogP contribution in [0.4, 0.5) is 0 Å². The molecule has 4 nitrogen and oxygen atoms in total. The van der Waals surface area contributed by atoms with Gasteiger partial charge in [-0.25, -0.2) is 0 Å². The van der Waals surface area contributed by atoms with Crippen LogP contribution in [0, 0.1) is 34.5 Å². The second-order valence-corrected chi connectivity index (χ2v) is 7.22. The van der Waals surface area contributed by atoms with E-state index in [0.29, 0.717) is 11.8 Å². The second kappa shape index (κ2) is 5.38. The molecule has 4 atom stereocenters. The summed E-state index contributed by atoms with van der Waals surface area (Å²) in [5.74, 6) is -1.03. The van der Waals surface area contributed by atoms with Crippen molar-refractivity contribution in [2.75, 3.05) is 14.2 Å². The van der Waals surface area contributed by atoms with Gasteiger partial charge in [0.1, 0.15) is 0 Å². The summed E-state index contributed by atoms with van der Waals surface area (Å²) < 4.78 is 9.96. The molecule has 0 saturated heterocycles. The van der Waals surface area contributed by atoms with Gasteiger partial charge in [-0.15, -0.1) is 0 Å². The zero-order valence-corrected chi connectivity index (χ0v) is 13.9. The minimum atomic E-state index is -0.485. The third kappa shape index (κ3) is 2.33. The highest BCUT2D eigenvalue weighted by molar-refractivity contribution is 5.83. The lowest BCUT2D eigenvalue weighted by atomic mass is 9.46. The van der Waals surface area contributed by atoms with E-state index in [0.717, 1.165) is 0 Å². The molecule has 20 heavy (non-hydrogen) atoms. The van der Waals surface area contributed by atoms with Gasteiger partial charge < -0.3 is 9.47 Å². The van der Waals surface area contributed by atoms with Crippen LogP contribution in [0.5, 0.6) is 0 Å². The first-order valence-electron chi connectivity index (χ1n) is 7.19. The number of carbonyl (C=O) groups excluding carboxylic acids is 2. The molecule has 0 bridgehead atoms. The molecule has 0 aliphatic heterocycles. The van der Waals surface area contributed by atoms with E-state index in [1.54, 1.807) is 0 Å². The lowest BCUT2D eigenvalue weighted by molar-refractivity contribution is -0.187. The largest absolute Gasteiger partial charge is 0.469 e. The van der Waals surface area contributed by atoms with Crippen molar-refractivity contribution >= 4 is 11.9 Å². The predicted molar refractivity (Wildman–Crippen MR) is 76.9 cm³/mol. The standard InChI is InChI=1S/C16H28O4/c1-9-10(2)16(5,6)12(14(18)20-8)11(13(17)19-7)15(9,3)4/h9-12H,1-8H3. The number of methoxy groups -OCH3 is 2. The van der Waals surface area contributed by atoms with Crippen molar-refractivity contribution < 1.29 is 19.1 Å². The second-order valence-electron chi connectivity index (χ2n) is 7.22. The first kappa shape index (κ1) is 17.0. The fourth-order valence-corrected chi connectivity index (χ4v) is 3.85. The van der Waals surface area contributed by atoms with Gasteiger partial charge in [0, 0.05) is 0 Å². The van der Waals surface area contributed by atoms with E-state index in [-0.39, 0.29) is 22.8 Å². The van der Waals surface area contributed by atoms with Crippen LogP contribution in [-0.4, -0.2) is 26.2 Å². The van der Waals surface area contributed by atoms with Gasteiger partial charge in [0.2, 0.25) is 0 Å². The zero-order valence-electron chi connectivity index (χ0n) is 13.9. The molecule has 0 aromatic heterocycles. The summed E-state index contributed by atoms with van der Waals surface area (Å²) in [7, 11) is 2.75. The Morgan fingerprint density at radius 1 is 0.750 bits per heavy atom. The number of ether oxygens (including phenoxy) is 2. The van der Waals surface area contributed by atoms with Gasteiger partial charge in [0.25, 0.3) is 0 Å². The van der Waals surface area contributed by atoms with E-state index in [1.165, 1.54) is 14.2 Å². The number of rotatable bonds is 2. The molecule has 0 aromatic rings. The lowest BCUT2D eigenvalue weighted by Gasteiger charge is -2.56. The molecule has 1 aliphatic rings. The minimum absolute atomic E-state index is 0.294. The molecule has 0 heterocycles. The molecule has 1 aliphatic carbocycles. The van der Waals surface area contributed by atoms with Crippen LogP contribution in [0.3, 0.4) is 0 Å². The Hall–Kier alpha value is -1.06. The SMILES string of the molecule is COC(=O)C1C(C(=O)OC)C(C)(C)C(C)C(C)C1(C)C. The van der Waals surface area contributed by atoms with Gasteiger partial charge in [0.15, 0.2) is 0 Å². The van der Waals surface area contributed by atoms with Crippen molar-refractivity contribution in [2.24, 2.45) is 34.5 Å². The third-order valence-corrected chi connectivity index (χ3v) is 5.94. The van der Waals surface area contributed by atoms with Crippen LogP contribution in [0.25, 0.3) is 0 Å². The van der Waals surface area contributed by atoms with E-state index in [9.17, 15) is 9.59 Å². The molecule has 0 radical (unpaired) electrons. The summed E-state index contributed by atoms with van der Waals surface area (Å²) in [5, 5.41) is 0. The maximum atomic E-state index is 12.3. The third-order valence-electron chi connectivity index (χ3n) is 5.94. The van der Waals surface area contributed by atoms with Gasteiger partial charge in [-0.3, -0.25) is 9.59 Å². The van der Waals surface area contributed by atoms with Crippen molar-refractivity contribution in [3.05, 3.63) is 0 Å². The summed E-state index contributed by atoms with van der Waals surface area (Å²) in [6.45, 7) is 12.5. The highest BCUT2D eigenvalue weighted by Crippen LogP contribution is 2.58. The fourth-order valence-electron chi connectivity index (χ4n) is 3.85. The molecular weight excluding hydrogens is 256 g/mol. The molecule has 1 rings (SSSR count). The Morgan fingerprint density at radius 3 is 1.20 bits per heavy atom. The molecule has 0 spiro atoms. The Morgan fingerprint density at radius 2 is 1.00 bits per heavy atom. The molecule has 1 saturated carbocycles. The van der Waals surface area contributed by atoms with E-state index in [4.69, 9.17) is 9.47 Å². The van der Waals surface area contributed by atoms with Crippen molar-refractivity contribution in [3.63, 3.8) is 0 Å². The Balaban J connectivity index is 3.44. The highest BCUT2D eigenvalue weighted by atomic mass is 16.5. The fraction of sp³-hybridized carbons (Fsp3) is 0.875. The smallest absolute Gasteiger partial charge is 0.310 e. The van der Waals surface area contributed by atoms with Crippen LogP contribution in [0.15, 0.2) is 0 Å². The van der Waals surface area contributed by atoms with Crippen molar-refractivity contribution in [2.45, 2.75) is 41.5 Å². The number of esters is 2. The van der Waals surface area contributed by atoms with Gasteiger partial charge in [-0.2, -0.15) is 0 Å². The normalized spacial score (nSPS) is 35.2. The highest BCUT2D eigenvalue weighted by Gasteiger charge is 2.61. The molecular formula is C16H28O4. The van der Waals surface area contributed by atoms with E-state index in [2.05, 4.69) is 13.8 Å².